The zero-order valence-corrected chi connectivity index (χ0v) is 19.7. The van der Waals surface area contributed by atoms with Crippen molar-refractivity contribution in [3.05, 3.63) is 59.7 Å². The van der Waals surface area contributed by atoms with Crippen molar-refractivity contribution >= 4 is 29.7 Å². The van der Waals surface area contributed by atoms with Gasteiger partial charge < -0.3 is 14.7 Å². The summed E-state index contributed by atoms with van der Waals surface area (Å²) in [6.45, 7) is 4.69. The van der Waals surface area contributed by atoms with Gasteiger partial charge in [0.2, 0.25) is 5.91 Å². The van der Waals surface area contributed by atoms with Gasteiger partial charge in [-0.3, -0.25) is 4.79 Å². The number of rotatable bonds is 6. The third kappa shape index (κ3) is 5.02. The Morgan fingerprint density at radius 3 is 2.45 bits per heavy atom. The standard InChI is InChI=1S/C26H31F2N3O.ClH/c27-19-6-9-21(10-7-19)31-24-11-8-20(28)17-22(24)23-18-29(16-12-25(23)31)13-3-4-15-30-14-2-1-5-26(30)32;/h6-11,17,23,25H,1-5,12-16,18H2;1H. The molecule has 4 nitrogen and oxygen atoms in total. The molecule has 0 radical (unpaired) electrons. The van der Waals surface area contributed by atoms with Crippen molar-refractivity contribution in [2.24, 2.45) is 0 Å². The molecule has 0 spiro atoms. The van der Waals surface area contributed by atoms with Crippen LogP contribution in [0.5, 0.6) is 0 Å². The summed E-state index contributed by atoms with van der Waals surface area (Å²) in [5, 5.41) is 0. The van der Waals surface area contributed by atoms with Crippen LogP contribution < -0.4 is 4.90 Å². The van der Waals surface area contributed by atoms with E-state index in [1.54, 1.807) is 6.07 Å². The monoisotopic (exact) mass is 475 g/mol. The molecular weight excluding hydrogens is 444 g/mol. The van der Waals surface area contributed by atoms with Crippen molar-refractivity contribution in [3.63, 3.8) is 0 Å². The summed E-state index contributed by atoms with van der Waals surface area (Å²) in [7, 11) is 0. The zero-order valence-electron chi connectivity index (χ0n) is 18.9. The summed E-state index contributed by atoms with van der Waals surface area (Å²) in [4.78, 5) is 18.8. The highest BCUT2D eigenvalue weighted by molar-refractivity contribution is 5.85. The van der Waals surface area contributed by atoms with Gasteiger partial charge in [0, 0.05) is 55.9 Å². The van der Waals surface area contributed by atoms with E-state index in [1.807, 2.05) is 23.1 Å². The molecule has 178 valence electrons. The van der Waals surface area contributed by atoms with E-state index in [9.17, 15) is 13.6 Å². The molecule has 2 aromatic rings. The van der Waals surface area contributed by atoms with Crippen LogP contribution in [0.15, 0.2) is 42.5 Å². The van der Waals surface area contributed by atoms with Crippen molar-refractivity contribution in [3.8, 4) is 0 Å². The first-order valence-corrected chi connectivity index (χ1v) is 11.9. The van der Waals surface area contributed by atoms with Crippen LogP contribution in [-0.2, 0) is 4.79 Å². The number of likely N-dealkylation sites (tertiary alicyclic amines) is 2. The number of hydrogen-bond donors (Lipinski definition) is 0. The fourth-order valence-corrected chi connectivity index (χ4v) is 5.71. The van der Waals surface area contributed by atoms with Gasteiger partial charge in [0.1, 0.15) is 11.6 Å². The van der Waals surface area contributed by atoms with Crippen LogP contribution in [0.2, 0.25) is 0 Å². The second-order valence-electron chi connectivity index (χ2n) is 9.36. The average molecular weight is 476 g/mol. The van der Waals surface area contributed by atoms with Crippen molar-refractivity contribution in [2.75, 3.05) is 37.6 Å². The molecule has 7 heteroatoms. The zero-order chi connectivity index (χ0) is 22.1. The Bertz CT molecular complexity index is 971. The molecule has 3 aliphatic rings. The van der Waals surface area contributed by atoms with Crippen molar-refractivity contribution in [1.82, 2.24) is 9.80 Å². The SMILES string of the molecule is Cl.O=C1CCCCN1CCCCN1CCC2C(C1)c1cc(F)ccc1N2c1ccc(F)cc1. The van der Waals surface area contributed by atoms with E-state index >= 15 is 0 Å². The maximum atomic E-state index is 14.1. The molecule has 0 aromatic heterocycles. The van der Waals surface area contributed by atoms with Crippen LogP contribution in [0.25, 0.3) is 0 Å². The summed E-state index contributed by atoms with van der Waals surface area (Å²) in [5.74, 6) is 0.0994. The van der Waals surface area contributed by atoms with Gasteiger partial charge in [-0.1, -0.05) is 0 Å². The van der Waals surface area contributed by atoms with Crippen molar-refractivity contribution < 1.29 is 13.6 Å². The fourth-order valence-electron chi connectivity index (χ4n) is 5.71. The molecular formula is C26H32ClF2N3O. The van der Waals surface area contributed by atoms with Gasteiger partial charge in [0.25, 0.3) is 0 Å². The number of amides is 1. The minimum absolute atomic E-state index is 0. The average Bonchev–Trinajstić information content (AvgIpc) is 3.11. The van der Waals surface area contributed by atoms with Crippen LogP contribution in [0, 0.1) is 11.6 Å². The van der Waals surface area contributed by atoms with E-state index < -0.39 is 0 Å². The number of fused-ring (bicyclic) bond motifs is 3. The van der Waals surface area contributed by atoms with E-state index in [0.717, 1.165) is 81.8 Å². The number of carbonyl (C=O) groups is 1. The molecule has 0 N–H and O–H groups in total. The summed E-state index contributed by atoms with van der Waals surface area (Å²) in [5.41, 5.74) is 3.06. The Kier molecular flexibility index (Phi) is 7.55. The van der Waals surface area contributed by atoms with Crippen LogP contribution in [0.4, 0.5) is 20.2 Å². The molecule has 33 heavy (non-hydrogen) atoms. The van der Waals surface area contributed by atoms with E-state index in [4.69, 9.17) is 0 Å². The van der Waals surface area contributed by atoms with Crippen LogP contribution in [0.3, 0.4) is 0 Å². The molecule has 1 amide bonds. The number of halogens is 3. The lowest BCUT2D eigenvalue weighted by Crippen LogP contribution is -2.45. The number of unbranched alkanes of at least 4 members (excludes halogenated alkanes) is 1. The first-order chi connectivity index (χ1) is 15.6. The minimum Gasteiger partial charge on any atom is -0.343 e. The molecule has 2 fully saturated rings. The number of hydrogen-bond acceptors (Lipinski definition) is 3. The van der Waals surface area contributed by atoms with E-state index in [2.05, 4.69) is 9.80 Å². The number of benzene rings is 2. The lowest BCUT2D eigenvalue weighted by Gasteiger charge is -2.39. The molecule has 3 heterocycles. The van der Waals surface area contributed by atoms with Gasteiger partial charge >= 0.3 is 0 Å². The number of nitrogens with zero attached hydrogens (tertiary/aromatic N) is 3. The van der Waals surface area contributed by atoms with Crippen molar-refractivity contribution in [1.29, 1.82) is 0 Å². The van der Waals surface area contributed by atoms with E-state index in [-0.39, 0.29) is 36.0 Å². The van der Waals surface area contributed by atoms with Gasteiger partial charge in [-0.05, 0) is 86.7 Å². The minimum atomic E-state index is -0.245. The Morgan fingerprint density at radius 2 is 1.67 bits per heavy atom. The molecule has 0 saturated carbocycles. The Morgan fingerprint density at radius 1 is 0.909 bits per heavy atom. The summed E-state index contributed by atoms with van der Waals surface area (Å²) < 4.78 is 27.6. The van der Waals surface area contributed by atoms with E-state index in [1.165, 1.54) is 18.2 Å². The number of carbonyl (C=O) groups excluding carboxylic acids is 1. The highest BCUT2D eigenvalue weighted by Crippen LogP contribution is 2.48. The Hall–Kier alpha value is -2.18. The largest absolute Gasteiger partial charge is 0.343 e. The first-order valence-electron chi connectivity index (χ1n) is 11.9. The topological polar surface area (TPSA) is 26.8 Å². The fraction of sp³-hybridized carbons (Fsp3) is 0.500. The summed E-state index contributed by atoms with van der Waals surface area (Å²) >= 11 is 0. The second-order valence-corrected chi connectivity index (χ2v) is 9.36. The lowest BCUT2D eigenvalue weighted by atomic mass is 9.89. The number of piperidine rings is 2. The molecule has 2 saturated heterocycles. The lowest BCUT2D eigenvalue weighted by molar-refractivity contribution is -0.133. The summed E-state index contributed by atoms with van der Waals surface area (Å²) in [6.07, 6.45) is 5.95. The maximum Gasteiger partial charge on any atom is 0.222 e. The van der Waals surface area contributed by atoms with Crippen LogP contribution >= 0.6 is 12.4 Å². The number of anilines is 2. The molecule has 2 atom stereocenters. The Balaban J connectivity index is 0.00000259. The van der Waals surface area contributed by atoms with Crippen molar-refractivity contribution in [2.45, 2.75) is 50.5 Å². The van der Waals surface area contributed by atoms with Crippen LogP contribution in [-0.4, -0.2) is 54.5 Å². The molecule has 5 rings (SSSR count). The Labute approximate surface area is 201 Å². The molecule has 2 unspecified atom stereocenters. The molecule has 3 aliphatic heterocycles. The quantitative estimate of drug-likeness (QED) is 0.517. The summed E-state index contributed by atoms with van der Waals surface area (Å²) in [6, 6.07) is 12.0. The highest BCUT2D eigenvalue weighted by atomic mass is 35.5. The highest BCUT2D eigenvalue weighted by Gasteiger charge is 2.42. The van der Waals surface area contributed by atoms with Gasteiger partial charge in [-0.15, -0.1) is 12.4 Å². The smallest absolute Gasteiger partial charge is 0.222 e. The van der Waals surface area contributed by atoms with Gasteiger partial charge in [0.05, 0.1) is 0 Å². The third-order valence-electron chi connectivity index (χ3n) is 7.32. The van der Waals surface area contributed by atoms with Crippen LogP contribution in [0.1, 0.15) is 50.0 Å². The first kappa shape index (κ1) is 24.0. The third-order valence-corrected chi connectivity index (χ3v) is 7.32. The normalized spacial score (nSPS) is 22.7. The molecule has 0 aliphatic carbocycles. The predicted octanol–water partition coefficient (Wildman–Crippen LogP) is 5.49. The van der Waals surface area contributed by atoms with Gasteiger partial charge in [-0.2, -0.15) is 0 Å². The maximum absolute atomic E-state index is 14.1. The second kappa shape index (κ2) is 10.4. The molecule has 0 bridgehead atoms. The molecule has 2 aromatic carbocycles. The van der Waals surface area contributed by atoms with Gasteiger partial charge in [0.15, 0.2) is 0 Å². The predicted molar refractivity (Wildman–Crippen MR) is 129 cm³/mol. The van der Waals surface area contributed by atoms with Gasteiger partial charge in [-0.25, -0.2) is 8.78 Å². The van der Waals surface area contributed by atoms with E-state index in [0.29, 0.717) is 12.3 Å².